The number of carbonyl (C=O) groups is 1. The highest BCUT2D eigenvalue weighted by atomic mass is 16.5. The van der Waals surface area contributed by atoms with Crippen LogP contribution in [-0.4, -0.2) is 5.97 Å². The number of rotatable bonds is 3. The Bertz CT molecular complexity index is 809. The molecule has 0 spiro atoms. The molecule has 0 radical (unpaired) electrons. The Balaban J connectivity index is 1.76. The summed E-state index contributed by atoms with van der Waals surface area (Å²) in [5.74, 6) is -0.385. The Morgan fingerprint density at radius 2 is 1.90 bits per heavy atom. The van der Waals surface area contributed by atoms with Gasteiger partial charge in [0.2, 0.25) is 5.76 Å². The third-order valence-electron chi connectivity index (χ3n) is 3.12. The fourth-order valence-electron chi connectivity index (χ4n) is 2.05. The van der Waals surface area contributed by atoms with Crippen LogP contribution in [0.1, 0.15) is 21.7 Å². The molecular formula is C17H11NO3. The second-order valence-corrected chi connectivity index (χ2v) is 4.49. The molecule has 0 unspecified atom stereocenters. The van der Waals surface area contributed by atoms with Crippen molar-refractivity contribution >= 4 is 16.9 Å². The molecule has 1 heterocycles. The molecule has 4 nitrogen and oxygen atoms in total. The Morgan fingerprint density at radius 1 is 1.14 bits per heavy atom. The van der Waals surface area contributed by atoms with E-state index in [0.717, 1.165) is 5.39 Å². The Morgan fingerprint density at radius 3 is 2.71 bits per heavy atom. The molecule has 3 aromatic rings. The average molecular weight is 277 g/mol. The SMILES string of the molecule is N#Cc1ccccc1COC(=O)c1cc2ccccc2o1. The lowest BCUT2D eigenvalue weighted by Gasteiger charge is -2.04. The number of hydrogen-bond donors (Lipinski definition) is 0. The van der Waals surface area contributed by atoms with Crippen molar-refractivity contribution in [3.63, 3.8) is 0 Å². The van der Waals surface area contributed by atoms with Crippen molar-refractivity contribution in [2.24, 2.45) is 0 Å². The van der Waals surface area contributed by atoms with Crippen molar-refractivity contribution in [2.45, 2.75) is 6.61 Å². The van der Waals surface area contributed by atoms with E-state index in [9.17, 15) is 4.79 Å². The minimum absolute atomic E-state index is 0.0413. The molecule has 0 aliphatic rings. The van der Waals surface area contributed by atoms with E-state index in [-0.39, 0.29) is 12.4 Å². The second kappa shape index (κ2) is 5.51. The van der Waals surface area contributed by atoms with Crippen LogP contribution in [0.5, 0.6) is 0 Å². The second-order valence-electron chi connectivity index (χ2n) is 4.49. The van der Waals surface area contributed by atoms with Gasteiger partial charge in [-0.3, -0.25) is 0 Å². The van der Waals surface area contributed by atoms with E-state index >= 15 is 0 Å². The minimum atomic E-state index is -0.543. The van der Waals surface area contributed by atoms with E-state index < -0.39 is 5.97 Å². The molecule has 0 N–H and O–H groups in total. The Kier molecular flexibility index (Phi) is 3.40. The van der Waals surface area contributed by atoms with Gasteiger partial charge in [-0.2, -0.15) is 5.26 Å². The van der Waals surface area contributed by atoms with Crippen molar-refractivity contribution < 1.29 is 13.9 Å². The van der Waals surface area contributed by atoms with Gasteiger partial charge in [-0.15, -0.1) is 0 Å². The number of para-hydroxylation sites is 1. The van der Waals surface area contributed by atoms with Gasteiger partial charge < -0.3 is 9.15 Å². The number of esters is 1. The fourth-order valence-corrected chi connectivity index (χ4v) is 2.05. The quantitative estimate of drug-likeness (QED) is 0.685. The molecule has 21 heavy (non-hydrogen) atoms. The van der Waals surface area contributed by atoms with E-state index in [1.807, 2.05) is 18.2 Å². The first-order valence-electron chi connectivity index (χ1n) is 6.41. The molecule has 4 heteroatoms. The number of carbonyl (C=O) groups excluding carboxylic acids is 1. The zero-order chi connectivity index (χ0) is 14.7. The molecule has 0 fully saturated rings. The predicted molar refractivity (Wildman–Crippen MR) is 76.5 cm³/mol. The van der Waals surface area contributed by atoms with Gasteiger partial charge >= 0.3 is 5.97 Å². The minimum Gasteiger partial charge on any atom is -0.455 e. The smallest absolute Gasteiger partial charge is 0.374 e. The maximum absolute atomic E-state index is 12.0. The number of fused-ring (bicyclic) bond motifs is 1. The summed E-state index contributed by atoms with van der Waals surface area (Å²) in [6, 6.07) is 18.1. The summed E-state index contributed by atoms with van der Waals surface area (Å²) >= 11 is 0. The summed E-state index contributed by atoms with van der Waals surface area (Å²) in [4.78, 5) is 12.0. The molecule has 0 aliphatic heterocycles. The van der Waals surface area contributed by atoms with Gasteiger partial charge in [0.25, 0.3) is 0 Å². The van der Waals surface area contributed by atoms with E-state index in [1.54, 1.807) is 36.4 Å². The highest BCUT2D eigenvalue weighted by Crippen LogP contribution is 2.20. The summed E-state index contributed by atoms with van der Waals surface area (Å²) < 4.78 is 10.6. The standard InChI is InChI=1S/C17H11NO3/c18-10-13-6-1-2-7-14(13)11-20-17(19)16-9-12-5-3-4-8-15(12)21-16/h1-9H,11H2. The maximum Gasteiger partial charge on any atom is 0.374 e. The van der Waals surface area contributed by atoms with Gasteiger partial charge in [0.15, 0.2) is 0 Å². The van der Waals surface area contributed by atoms with Crippen LogP contribution in [0.25, 0.3) is 11.0 Å². The number of nitrogens with zero attached hydrogens (tertiary/aromatic N) is 1. The molecular weight excluding hydrogens is 266 g/mol. The van der Waals surface area contributed by atoms with Gasteiger partial charge in [0, 0.05) is 10.9 Å². The highest BCUT2D eigenvalue weighted by Gasteiger charge is 2.14. The summed E-state index contributed by atoms with van der Waals surface area (Å²) in [5, 5.41) is 9.84. The summed E-state index contributed by atoms with van der Waals surface area (Å²) in [6.07, 6.45) is 0. The van der Waals surface area contributed by atoms with Crippen molar-refractivity contribution in [3.05, 3.63) is 71.5 Å². The molecule has 102 valence electrons. The molecule has 0 atom stereocenters. The first-order chi connectivity index (χ1) is 10.3. The third kappa shape index (κ3) is 2.63. The van der Waals surface area contributed by atoms with Crippen molar-refractivity contribution in [3.8, 4) is 6.07 Å². The van der Waals surface area contributed by atoms with E-state index in [2.05, 4.69) is 6.07 Å². The molecule has 0 amide bonds. The Labute approximate surface area is 121 Å². The number of benzene rings is 2. The number of furan rings is 1. The van der Waals surface area contributed by atoms with Crippen molar-refractivity contribution in [1.29, 1.82) is 5.26 Å². The van der Waals surface area contributed by atoms with Crippen LogP contribution in [0, 0.1) is 11.3 Å². The molecule has 0 bridgehead atoms. The molecule has 3 rings (SSSR count). The zero-order valence-electron chi connectivity index (χ0n) is 11.1. The van der Waals surface area contributed by atoms with Crippen LogP contribution in [-0.2, 0) is 11.3 Å². The van der Waals surface area contributed by atoms with Gasteiger partial charge in [-0.1, -0.05) is 36.4 Å². The van der Waals surface area contributed by atoms with E-state index in [0.29, 0.717) is 16.7 Å². The molecule has 2 aromatic carbocycles. The van der Waals surface area contributed by atoms with Crippen LogP contribution in [0.3, 0.4) is 0 Å². The lowest BCUT2D eigenvalue weighted by Crippen LogP contribution is -2.04. The van der Waals surface area contributed by atoms with Crippen LogP contribution in [0.15, 0.2) is 59.0 Å². The first-order valence-corrected chi connectivity index (χ1v) is 6.41. The maximum atomic E-state index is 12.0. The summed E-state index contributed by atoms with van der Waals surface area (Å²) in [5.41, 5.74) is 1.81. The molecule has 1 aromatic heterocycles. The fraction of sp³-hybridized carbons (Fsp3) is 0.0588. The predicted octanol–water partition coefficient (Wildman–Crippen LogP) is 3.66. The third-order valence-corrected chi connectivity index (χ3v) is 3.12. The largest absolute Gasteiger partial charge is 0.455 e. The number of ether oxygens (including phenoxy) is 1. The topological polar surface area (TPSA) is 63.2 Å². The van der Waals surface area contributed by atoms with Crippen LogP contribution < -0.4 is 0 Å². The lowest BCUT2D eigenvalue weighted by molar-refractivity contribution is 0.0438. The van der Waals surface area contributed by atoms with Gasteiger partial charge in [-0.05, 0) is 18.2 Å². The lowest BCUT2D eigenvalue weighted by atomic mass is 10.1. The van der Waals surface area contributed by atoms with Crippen molar-refractivity contribution in [2.75, 3.05) is 0 Å². The monoisotopic (exact) mass is 277 g/mol. The van der Waals surface area contributed by atoms with Crippen molar-refractivity contribution in [1.82, 2.24) is 0 Å². The average Bonchev–Trinajstić information content (AvgIpc) is 2.97. The summed E-state index contributed by atoms with van der Waals surface area (Å²) in [6.45, 7) is 0.0413. The highest BCUT2D eigenvalue weighted by molar-refractivity contribution is 5.92. The zero-order valence-corrected chi connectivity index (χ0v) is 11.1. The van der Waals surface area contributed by atoms with Crippen LogP contribution >= 0.6 is 0 Å². The van der Waals surface area contributed by atoms with E-state index in [4.69, 9.17) is 14.4 Å². The van der Waals surface area contributed by atoms with Gasteiger partial charge in [-0.25, -0.2) is 4.79 Å². The molecule has 0 saturated heterocycles. The Hall–Kier alpha value is -3.06. The van der Waals surface area contributed by atoms with Crippen LogP contribution in [0.2, 0.25) is 0 Å². The molecule has 0 saturated carbocycles. The normalized spacial score (nSPS) is 10.2. The first kappa shape index (κ1) is 12.9. The van der Waals surface area contributed by atoms with Gasteiger partial charge in [0.05, 0.1) is 11.6 Å². The molecule has 0 aliphatic carbocycles. The summed E-state index contributed by atoms with van der Waals surface area (Å²) in [7, 11) is 0. The van der Waals surface area contributed by atoms with Gasteiger partial charge in [0.1, 0.15) is 12.2 Å². The van der Waals surface area contributed by atoms with Crippen LogP contribution in [0.4, 0.5) is 0 Å². The van der Waals surface area contributed by atoms with E-state index in [1.165, 1.54) is 0 Å². The number of nitriles is 1. The number of hydrogen-bond acceptors (Lipinski definition) is 4.